The minimum atomic E-state index is -6.50. The highest BCUT2D eigenvalue weighted by molar-refractivity contribution is 9.10. The number of benzene rings is 1. The van der Waals surface area contributed by atoms with E-state index < -0.39 is 45.2 Å². The van der Waals surface area contributed by atoms with E-state index in [1.165, 1.54) is 0 Å². The predicted octanol–water partition coefficient (Wildman–Crippen LogP) is 6.29. The second kappa shape index (κ2) is 5.87. The third-order valence-electron chi connectivity index (χ3n) is 2.40. The average Bonchev–Trinajstić information content (AvgIpc) is 2.29. The molecule has 0 aliphatic heterocycles. The Bertz CT molecular complexity index is 577. The molecule has 0 amide bonds. The number of alkyl halides is 10. The molecule has 0 atom stereocenters. The highest BCUT2D eigenvalue weighted by Gasteiger charge is 2.73. The lowest BCUT2D eigenvalue weighted by atomic mass is 9.94. The minimum Gasteiger partial charge on any atom is -0.405 e. The van der Waals surface area contributed by atoms with E-state index in [9.17, 15) is 43.9 Å². The van der Waals surface area contributed by atoms with Gasteiger partial charge in [0.2, 0.25) is 0 Å². The van der Waals surface area contributed by atoms with Crippen LogP contribution in [0.4, 0.5) is 43.9 Å². The first-order valence-corrected chi connectivity index (χ1v) is 6.25. The van der Waals surface area contributed by atoms with Crippen molar-refractivity contribution >= 4 is 27.5 Å². The lowest BCUT2D eigenvalue weighted by Crippen LogP contribution is -2.50. The molecule has 0 saturated heterocycles. The van der Waals surface area contributed by atoms with Gasteiger partial charge in [-0.05, 0) is 28.1 Å². The van der Waals surface area contributed by atoms with E-state index in [-0.39, 0.29) is 12.1 Å². The van der Waals surface area contributed by atoms with E-state index in [0.29, 0.717) is 0 Å². The maximum absolute atomic E-state index is 13.8. The SMILES string of the molecule is FC(F)(F)Oc1cc(C(F)(C(F)(F)F)C(F)(F)F)cc(Cl)c1Br. The van der Waals surface area contributed by atoms with Crippen molar-refractivity contribution in [3.05, 3.63) is 27.2 Å². The van der Waals surface area contributed by atoms with Crippen LogP contribution in [0.1, 0.15) is 5.56 Å². The van der Waals surface area contributed by atoms with Gasteiger partial charge in [0.1, 0.15) is 5.75 Å². The van der Waals surface area contributed by atoms with Crippen LogP contribution in [0.3, 0.4) is 0 Å². The summed E-state index contributed by atoms with van der Waals surface area (Å²) in [5, 5.41) is -1.04. The van der Waals surface area contributed by atoms with Crippen LogP contribution in [-0.4, -0.2) is 18.7 Å². The van der Waals surface area contributed by atoms with Gasteiger partial charge in [-0.2, -0.15) is 26.3 Å². The molecule has 0 bridgehead atoms. The van der Waals surface area contributed by atoms with Crippen molar-refractivity contribution in [3.63, 3.8) is 0 Å². The van der Waals surface area contributed by atoms with E-state index in [1.807, 2.05) is 0 Å². The molecule has 1 aromatic carbocycles. The zero-order chi connectivity index (χ0) is 18.4. The molecule has 1 aromatic rings. The van der Waals surface area contributed by atoms with Gasteiger partial charge < -0.3 is 4.74 Å². The van der Waals surface area contributed by atoms with E-state index in [0.717, 1.165) is 0 Å². The summed E-state index contributed by atoms with van der Waals surface area (Å²) in [6, 6.07) is -0.486. The first-order chi connectivity index (χ1) is 10.0. The van der Waals surface area contributed by atoms with Crippen LogP contribution in [0.25, 0.3) is 0 Å². The Kier molecular flexibility index (Phi) is 5.14. The maximum Gasteiger partial charge on any atom is 0.573 e. The molecule has 0 spiro atoms. The van der Waals surface area contributed by atoms with Gasteiger partial charge in [-0.3, -0.25) is 0 Å². The van der Waals surface area contributed by atoms with E-state index in [1.54, 1.807) is 0 Å². The quantitative estimate of drug-likeness (QED) is 0.488. The Morgan fingerprint density at radius 3 is 1.61 bits per heavy atom. The maximum atomic E-state index is 13.8. The summed E-state index contributed by atoms with van der Waals surface area (Å²) in [5.41, 5.74) is -8.14. The summed E-state index contributed by atoms with van der Waals surface area (Å²) in [6.07, 6.45) is -18.5. The second-order valence-corrected chi connectivity index (χ2v) is 5.17. The third kappa shape index (κ3) is 3.95. The molecule has 132 valence electrons. The standard InChI is InChI=1S/C10H2BrClF10O/c11-6-4(12)1-3(2-5(6)23-10(20,21)22)7(13,8(14,15)16)9(17,18)19/h1-2H. The number of halogens is 12. The van der Waals surface area contributed by atoms with Crippen molar-refractivity contribution in [2.75, 3.05) is 0 Å². The Morgan fingerprint density at radius 2 is 1.26 bits per heavy atom. The van der Waals surface area contributed by atoms with Gasteiger partial charge in [0, 0.05) is 5.56 Å². The Hall–Kier alpha value is -0.910. The molecule has 0 unspecified atom stereocenters. The molecule has 0 fully saturated rings. The molecule has 0 aromatic heterocycles. The van der Waals surface area contributed by atoms with Gasteiger partial charge in [0.15, 0.2) is 0 Å². The molecule has 23 heavy (non-hydrogen) atoms. The molecule has 0 N–H and O–H groups in total. The van der Waals surface area contributed by atoms with Crippen molar-refractivity contribution in [1.29, 1.82) is 0 Å². The summed E-state index contributed by atoms with van der Waals surface area (Å²) >= 11 is 7.65. The van der Waals surface area contributed by atoms with E-state index >= 15 is 0 Å². The zero-order valence-electron chi connectivity index (χ0n) is 10.1. The Morgan fingerprint density at radius 1 is 0.826 bits per heavy atom. The first kappa shape index (κ1) is 20.1. The smallest absolute Gasteiger partial charge is 0.405 e. The van der Waals surface area contributed by atoms with Gasteiger partial charge in [-0.25, -0.2) is 4.39 Å². The van der Waals surface area contributed by atoms with Crippen LogP contribution >= 0.6 is 27.5 Å². The van der Waals surface area contributed by atoms with Crippen molar-refractivity contribution in [2.45, 2.75) is 24.4 Å². The van der Waals surface area contributed by atoms with Gasteiger partial charge in [-0.1, -0.05) is 11.6 Å². The molecular weight excluding hydrogens is 441 g/mol. The molecule has 1 rings (SSSR count). The summed E-state index contributed by atoms with van der Waals surface area (Å²) in [5.74, 6) is -1.56. The molecule has 1 nitrogen and oxygen atoms in total. The minimum absolute atomic E-state index is 0.101. The second-order valence-electron chi connectivity index (χ2n) is 3.97. The molecule has 13 heteroatoms. The lowest BCUT2D eigenvalue weighted by Gasteiger charge is -2.30. The van der Waals surface area contributed by atoms with Gasteiger partial charge in [0.25, 0.3) is 0 Å². The zero-order valence-corrected chi connectivity index (χ0v) is 12.4. The van der Waals surface area contributed by atoms with Crippen molar-refractivity contribution in [2.24, 2.45) is 0 Å². The summed E-state index contributed by atoms with van der Waals surface area (Å²) in [6.45, 7) is 0. The Labute approximate surface area is 134 Å². The van der Waals surface area contributed by atoms with Gasteiger partial charge >= 0.3 is 24.4 Å². The first-order valence-electron chi connectivity index (χ1n) is 5.08. The van der Waals surface area contributed by atoms with E-state index in [2.05, 4.69) is 20.7 Å². The average molecular weight is 443 g/mol. The van der Waals surface area contributed by atoms with Crippen LogP contribution in [0, 0.1) is 0 Å². The molecule has 0 radical (unpaired) electrons. The van der Waals surface area contributed by atoms with Crippen molar-refractivity contribution < 1.29 is 48.6 Å². The largest absolute Gasteiger partial charge is 0.573 e. The van der Waals surface area contributed by atoms with Gasteiger partial charge in [-0.15, -0.1) is 13.2 Å². The van der Waals surface area contributed by atoms with Crippen LogP contribution in [0.2, 0.25) is 5.02 Å². The highest BCUT2D eigenvalue weighted by atomic mass is 79.9. The predicted molar refractivity (Wildman–Crippen MR) is 60.7 cm³/mol. The lowest BCUT2D eigenvalue weighted by molar-refractivity contribution is -0.348. The third-order valence-corrected chi connectivity index (χ3v) is 3.74. The van der Waals surface area contributed by atoms with E-state index in [4.69, 9.17) is 11.6 Å². The number of hydrogen-bond donors (Lipinski definition) is 0. The van der Waals surface area contributed by atoms with Crippen LogP contribution in [-0.2, 0) is 5.67 Å². The van der Waals surface area contributed by atoms with Gasteiger partial charge in [0.05, 0.1) is 9.50 Å². The monoisotopic (exact) mass is 442 g/mol. The molecule has 0 saturated carbocycles. The van der Waals surface area contributed by atoms with Crippen molar-refractivity contribution in [3.8, 4) is 5.75 Å². The van der Waals surface area contributed by atoms with Crippen LogP contribution in [0.5, 0.6) is 5.75 Å². The Balaban J connectivity index is 3.64. The fourth-order valence-electron chi connectivity index (χ4n) is 1.45. The van der Waals surface area contributed by atoms with Crippen LogP contribution < -0.4 is 4.74 Å². The molecule has 0 aliphatic rings. The molecule has 0 aliphatic carbocycles. The highest BCUT2D eigenvalue weighted by Crippen LogP contribution is 2.55. The van der Waals surface area contributed by atoms with Crippen molar-refractivity contribution in [1.82, 2.24) is 0 Å². The van der Waals surface area contributed by atoms with Crippen LogP contribution in [0.15, 0.2) is 16.6 Å². The summed E-state index contributed by atoms with van der Waals surface area (Å²) in [4.78, 5) is 0. The molecule has 0 heterocycles. The fraction of sp³-hybridized carbons (Fsp3) is 0.400. The molecular formula is C10H2BrClF10O. The topological polar surface area (TPSA) is 9.23 Å². The number of hydrogen-bond acceptors (Lipinski definition) is 1. The normalized spacial score (nSPS) is 14.1. The summed E-state index contributed by atoms with van der Waals surface area (Å²) in [7, 11) is 0. The fourth-order valence-corrected chi connectivity index (χ4v) is 1.97. The summed E-state index contributed by atoms with van der Waals surface area (Å²) < 4.78 is 128. The number of ether oxygens (including phenoxy) is 1. The number of rotatable bonds is 2.